The molecule has 0 aliphatic carbocycles. The number of carbonyl (C=O) groups is 2. The molecule has 6 heteroatoms. The van der Waals surface area contributed by atoms with Gasteiger partial charge in [-0.1, -0.05) is 65.0 Å². The second-order valence-corrected chi connectivity index (χ2v) is 8.91. The third kappa shape index (κ3) is 7.81. The maximum atomic E-state index is 13.4. The van der Waals surface area contributed by atoms with Gasteiger partial charge in [0.15, 0.2) is 6.61 Å². The molecule has 0 aliphatic heterocycles. The highest BCUT2D eigenvalue weighted by Crippen LogP contribution is 2.26. The molecule has 0 aliphatic rings. The van der Waals surface area contributed by atoms with Gasteiger partial charge in [-0.15, -0.1) is 0 Å². The van der Waals surface area contributed by atoms with Crippen molar-refractivity contribution in [3.05, 3.63) is 59.7 Å². The first kappa shape index (κ1) is 26.2. The van der Waals surface area contributed by atoms with E-state index in [0.717, 1.165) is 16.9 Å². The summed E-state index contributed by atoms with van der Waals surface area (Å²) in [7, 11) is 1.61. The molecule has 0 aromatic heterocycles. The van der Waals surface area contributed by atoms with Gasteiger partial charge in [0.05, 0.1) is 7.11 Å². The summed E-state index contributed by atoms with van der Waals surface area (Å²) in [6, 6.07) is 14.7. The number of amides is 2. The highest BCUT2D eigenvalue weighted by Gasteiger charge is 2.29. The van der Waals surface area contributed by atoms with E-state index in [1.165, 1.54) is 0 Å². The third-order valence-corrected chi connectivity index (χ3v) is 5.47. The number of carbonyl (C=O) groups excluding carboxylic acids is 2. The van der Waals surface area contributed by atoms with E-state index in [2.05, 4.69) is 19.2 Å². The predicted molar refractivity (Wildman–Crippen MR) is 131 cm³/mol. The Kier molecular flexibility index (Phi) is 10.2. The maximum absolute atomic E-state index is 13.4. The Balaban J connectivity index is 2.24. The van der Waals surface area contributed by atoms with Gasteiger partial charge in [-0.3, -0.25) is 9.59 Å². The summed E-state index contributed by atoms with van der Waals surface area (Å²) >= 11 is 0. The van der Waals surface area contributed by atoms with Crippen LogP contribution in [0.25, 0.3) is 0 Å². The lowest BCUT2D eigenvalue weighted by Crippen LogP contribution is -2.50. The summed E-state index contributed by atoms with van der Waals surface area (Å²) in [5.74, 6) is 1.67. The van der Waals surface area contributed by atoms with Crippen LogP contribution in [-0.2, 0) is 16.1 Å². The highest BCUT2D eigenvalue weighted by atomic mass is 16.5. The Morgan fingerprint density at radius 3 is 2.24 bits per heavy atom. The number of hydrogen-bond donors (Lipinski definition) is 1. The molecular formula is C27H38N2O4. The van der Waals surface area contributed by atoms with E-state index < -0.39 is 6.04 Å². The minimum Gasteiger partial charge on any atom is -0.497 e. The van der Waals surface area contributed by atoms with Crippen LogP contribution in [0.1, 0.15) is 58.1 Å². The number of para-hydroxylation sites is 1. The normalized spacial score (nSPS) is 11.9. The van der Waals surface area contributed by atoms with Crippen LogP contribution < -0.4 is 14.8 Å². The van der Waals surface area contributed by atoms with Crippen LogP contribution in [0.2, 0.25) is 0 Å². The van der Waals surface area contributed by atoms with Crippen LogP contribution in [-0.4, -0.2) is 43.0 Å². The molecule has 0 unspecified atom stereocenters. The van der Waals surface area contributed by atoms with Crippen molar-refractivity contribution in [2.45, 2.75) is 59.5 Å². The highest BCUT2D eigenvalue weighted by molar-refractivity contribution is 5.88. The van der Waals surface area contributed by atoms with Crippen molar-refractivity contribution in [3.8, 4) is 11.5 Å². The van der Waals surface area contributed by atoms with Gasteiger partial charge in [0, 0.05) is 13.1 Å². The average Bonchev–Trinajstić information content (AvgIpc) is 2.81. The SMILES string of the molecule is CC[C@H](C(=O)NCC(C)C)N(Cc1ccc(OC)cc1)C(=O)COc1ccccc1C(C)C. The molecule has 2 rings (SSSR count). The van der Waals surface area contributed by atoms with Crippen molar-refractivity contribution in [1.29, 1.82) is 0 Å². The molecule has 2 aromatic carbocycles. The number of methoxy groups -OCH3 is 1. The van der Waals surface area contributed by atoms with Crippen LogP contribution in [0, 0.1) is 5.92 Å². The molecule has 180 valence electrons. The molecule has 2 amide bonds. The fourth-order valence-corrected chi connectivity index (χ4v) is 3.58. The lowest BCUT2D eigenvalue weighted by Gasteiger charge is -2.31. The van der Waals surface area contributed by atoms with Gasteiger partial charge in [0.1, 0.15) is 17.5 Å². The van der Waals surface area contributed by atoms with Crippen molar-refractivity contribution >= 4 is 11.8 Å². The fraction of sp³-hybridized carbons (Fsp3) is 0.481. The van der Waals surface area contributed by atoms with Gasteiger partial charge in [-0.25, -0.2) is 0 Å². The van der Waals surface area contributed by atoms with Gasteiger partial charge < -0.3 is 19.7 Å². The van der Waals surface area contributed by atoms with Crippen LogP contribution in [0.4, 0.5) is 0 Å². The van der Waals surface area contributed by atoms with E-state index >= 15 is 0 Å². The maximum Gasteiger partial charge on any atom is 0.261 e. The minimum atomic E-state index is -0.581. The number of rotatable bonds is 12. The molecule has 0 saturated carbocycles. The summed E-state index contributed by atoms with van der Waals surface area (Å²) < 4.78 is 11.2. The molecule has 0 fully saturated rings. The number of hydrogen-bond acceptors (Lipinski definition) is 4. The third-order valence-electron chi connectivity index (χ3n) is 5.47. The fourth-order valence-electron chi connectivity index (χ4n) is 3.58. The Hall–Kier alpha value is -3.02. The van der Waals surface area contributed by atoms with Crippen molar-refractivity contribution in [2.24, 2.45) is 5.92 Å². The van der Waals surface area contributed by atoms with Gasteiger partial charge in [0.25, 0.3) is 5.91 Å². The topological polar surface area (TPSA) is 67.9 Å². The number of nitrogens with one attached hydrogen (secondary N) is 1. The van der Waals surface area contributed by atoms with E-state index in [4.69, 9.17) is 9.47 Å². The van der Waals surface area contributed by atoms with E-state index in [9.17, 15) is 9.59 Å². The van der Waals surface area contributed by atoms with E-state index in [0.29, 0.717) is 31.2 Å². The first-order chi connectivity index (χ1) is 15.8. The summed E-state index contributed by atoms with van der Waals surface area (Å²) in [5.41, 5.74) is 1.97. The number of nitrogens with zero attached hydrogens (tertiary/aromatic N) is 1. The minimum absolute atomic E-state index is 0.131. The predicted octanol–water partition coefficient (Wildman–Crippen LogP) is 4.78. The molecule has 0 saturated heterocycles. The summed E-state index contributed by atoms with van der Waals surface area (Å²) in [6.45, 7) is 10.9. The zero-order valence-corrected chi connectivity index (χ0v) is 20.8. The van der Waals surface area contributed by atoms with Crippen LogP contribution in [0.3, 0.4) is 0 Å². The molecule has 0 radical (unpaired) electrons. The molecule has 1 N–H and O–H groups in total. The van der Waals surface area contributed by atoms with E-state index in [1.54, 1.807) is 12.0 Å². The van der Waals surface area contributed by atoms with Gasteiger partial charge >= 0.3 is 0 Å². The molecule has 2 aromatic rings. The Morgan fingerprint density at radius 1 is 1.00 bits per heavy atom. The van der Waals surface area contributed by atoms with Crippen LogP contribution >= 0.6 is 0 Å². The lowest BCUT2D eigenvalue weighted by atomic mass is 10.0. The Bertz CT molecular complexity index is 893. The summed E-state index contributed by atoms with van der Waals surface area (Å²) in [4.78, 5) is 28.0. The standard InChI is InChI=1S/C27H38N2O4/c1-7-24(27(31)28-16-19(2)3)29(17-21-12-14-22(32-6)15-13-21)26(30)18-33-25-11-9-8-10-23(25)20(4)5/h8-15,19-20,24H,7,16-18H2,1-6H3,(H,28,31)/t24-/m1/s1. The van der Waals surface area contributed by atoms with Crippen molar-refractivity contribution in [3.63, 3.8) is 0 Å². The first-order valence-corrected chi connectivity index (χ1v) is 11.7. The summed E-state index contributed by atoms with van der Waals surface area (Å²) in [5, 5.41) is 2.98. The Labute approximate surface area is 198 Å². The smallest absolute Gasteiger partial charge is 0.261 e. The first-order valence-electron chi connectivity index (χ1n) is 11.7. The molecule has 1 atom stereocenters. The summed E-state index contributed by atoms with van der Waals surface area (Å²) in [6.07, 6.45) is 0.508. The van der Waals surface area contributed by atoms with Crippen molar-refractivity contribution < 1.29 is 19.1 Å². The largest absolute Gasteiger partial charge is 0.497 e. The molecule has 33 heavy (non-hydrogen) atoms. The average molecular weight is 455 g/mol. The van der Waals surface area contributed by atoms with Crippen LogP contribution in [0.5, 0.6) is 11.5 Å². The lowest BCUT2D eigenvalue weighted by molar-refractivity contribution is -0.143. The number of benzene rings is 2. The van der Waals surface area contributed by atoms with E-state index in [-0.39, 0.29) is 24.3 Å². The van der Waals surface area contributed by atoms with Crippen LogP contribution in [0.15, 0.2) is 48.5 Å². The molecular weight excluding hydrogens is 416 g/mol. The quantitative estimate of drug-likeness (QED) is 0.501. The van der Waals surface area contributed by atoms with Gasteiger partial charge in [0.2, 0.25) is 5.91 Å². The van der Waals surface area contributed by atoms with Crippen molar-refractivity contribution in [2.75, 3.05) is 20.3 Å². The molecule has 0 bridgehead atoms. The Morgan fingerprint density at radius 2 is 1.67 bits per heavy atom. The van der Waals surface area contributed by atoms with Crippen molar-refractivity contribution in [1.82, 2.24) is 10.2 Å². The van der Waals surface area contributed by atoms with E-state index in [1.807, 2.05) is 69.3 Å². The monoisotopic (exact) mass is 454 g/mol. The van der Waals surface area contributed by atoms with Gasteiger partial charge in [-0.05, 0) is 47.6 Å². The second kappa shape index (κ2) is 12.9. The zero-order valence-electron chi connectivity index (χ0n) is 20.8. The molecule has 6 nitrogen and oxygen atoms in total. The zero-order chi connectivity index (χ0) is 24.4. The van der Waals surface area contributed by atoms with Gasteiger partial charge in [-0.2, -0.15) is 0 Å². The number of ether oxygens (including phenoxy) is 2. The molecule has 0 spiro atoms. The molecule has 0 heterocycles. The second-order valence-electron chi connectivity index (χ2n) is 8.91.